The first-order valence-electron chi connectivity index (χ1n) is 10.3. The third kappa shape index (κ3) is 10.9. The Balaban J connectivity index is -0.000000578. The Morgan fingerprint density at radius 2 is 0.919 bits per heavy atom. The number of hydrogen-bond acceptors (Lipinski definition) is 8. The maximum absolute atomic E-state index is 10.9. The van der Waals surface area contributed by atoms with Crippen molar-refractivity contribution in [2.24, 2.45) is 11.5 Å². The third-order valence-electron chi connectivity index (χ3n) is 5.02. The fraction of sp³-hybridized carbons (Fsp3) is 0.417. The number of methoxy groups -OCH3 is 4. The molecule has 37 heavy (non-hydrogen) atoms. The average Bonchev–Trinajstić information content (AvgIpc) is 2.78. The molecule has 2 rings (SSSR count). The Hall–Kier alpha value is -3.62. The Kier molecular flexibility index (Phi) is 16.6. The first-order chi connectivity index (χ1) is 15.8. The fourth-order valence-electron chi connectivity index (χ4n) is 2.98. The Morgan fingerprint density at radius 1 is 0.649 bits per heavy atom. The maximum Gasteiger partial charge on any atom is 0.323 e. The van der Waals surface area contributed by atoms with E-state index in [1.54, 1.807) is 50.6 Å². The minimum absolute atomic E-state index is 0. The van der Waals surface area contributed by atoms with Crippen molar-refractivity contribution in [2.45, 2.75) is 37.8 Å². The SMILES string of the molecule is COc1ccc(CC(C)(N)C(=O)O)cc1OC.COc1ccc(CC(C)(N)C(=O)O)cc1OC.O.O.O. The molecule has 0 amide bonds. The van der Waals surface area contributed by atoms with Crippen molar-refractivity contribution in [3.05, 3.63) is 47.5 Å². The summed E-state index contributed by atoms with van der Waals surface area (Å²) in [6.45, 7) is 2.96. The van der Waals surface area contributed by atoms with Gasteiger partial charge in [0.2, 0.25) is 0 Å². The minimum Gasteiger partial charge on any atom is -0.493 e. The van der Waals surface area contributed by atoms with Crippen LogP contribution >= 0.6 is 0 Å². The van der Waals surface area contributed by atoms with E-state index in [-0.39, 0.29) is 29.3 Å². The van der Waals surface area contributed by atoms with Crippen molar-refractivity contribution < 1.29 is 55.2 Å². The van der Waals surface area contributed by atoms with Gasteiger partial charge >= 0.3 is 11.9 Å². The summed E-state index contributed by atoms with van der Waals surface area (Å²) < 4.78 is 20.5. The van der Waals surface area contributed by atoms with E-state index in [2.05, 4.69) is 0 Å². The lowest BCUT2D eigenvalue weighted by atomic mass is 9.94. The van der Waals surface area contributed by atoms with Gasteiger partial charge < -0.3 is 57.1 Å². The summed E-state index contributed by atoms with van der Waals surface area (Å²) >= 11 is 0. The summed E-state index contributed by atoms with van der Waals surface area (Å²) in [6.07, 6.45) is 0.450. The summed E-state index contributed by atoms with van der Waals surface area (Å²) in [6, 6.07) is 10.5. The Bertz CT molecular complexity index is 915. The van der Waals surface area contributed by atoms with Gasteiger partial charge in [-0.25, -0.2) is 0 Å². The van der Waals surface area contributed by atoms with Gasteiger partial charge in [0.05, 0.1) is 28.4 Å². The molecule has 212 valence electrons. The van der Waals surface area contributed by atoms with Gasteiger partial charge in [-0.3, -0.25) is 9.59 Å². The van der Waals surface area contributed by atoms with E-state index in [0.717, 1.165) is 11.1 Å². The largest absolute Gasteiger partial charge is 0.493 e. The highest BCUT2D eigenvalue weighted by molar-refractivity contribution is 5.78. The zero-order chi connectivity index (χ0) is 26.1. The molecule has 12 N–H and O–H groups in total. The second kappa shape index (κ2) is 16.2. The highest BCUT2D eigenvalue weighted by atomic mass is 16.5. The zero-order valence-corrected chi connectivity index (χ0v) is 21.9. The lowest BCUT2D eigenvalue weighted by molar-refractivity contribution is -0.143. The summed E-state index contributed by atoms with van der Waals surface area (Å²) in [5.41, 5.74) is 10.4. The van der Waals surface area contributed by atoms with Gasteiger partial charge in [0.1, 0.15) is 11.1 Å². The predicted molar refractivity (Wildman–Crippen MR) is 138 cm³/mol. The van der Waals surface area contributed by atoms with Crippen LogP contribution in [0.1, 0.15) is 25.0 Å². The molecular weight excluding hydrogens is 492 g/mol. The van der Waals surface area contributed by atoms with Crippen molar-refractivity contribution in [3.8, 4) is 23.0 Å². The number of carboxylic acid groups (broad SMARTS) is 2. The number of benzene rings is 2. The maximum atomic E-state index is 10.9. The first kappa shape index (κ1) is 37.9. The van der Waals surface area contributed by atoms with E-state index >= 15 is 0 Å². The number of nitrogens with two attached hydrogens (primary N) is 2. The molecule has 13 heteroatoms. The quantitative estimate of drug-likeness (QED) is 0.308. The smallest absolute Gasteiger partial charge is 0.323 e. The van der Waals surface area contributed by atoms with Crippen LogP contribution in [0.2, 0.25) is 0 Å². The van der Waals surface area contributed by atoms with Gasteiger partial charge in [0, 0.05) is 12.8 Å². The Morgan fingerprint density at radius 3 is 1.14 bits per heavy atom. The highest BCUT2D eigenvalue weighted by Crippen LogP contribution is 2.29. The number of carbonyl (C=O) groups is 2. The monoisotopic (exact) mass is 532 g/mol. The van der Waals surface area contributed by atoms with E-state index in [4.69, 9.17) is 40.6 Å². The number of ether oxygens (including phenoxy) is 4. The van der Waals surface area contributed by atoms with Gasteiger partial charge in [-0.15, -0.1) is 0 Å². The van der Waals surface area contributed by atoms with Crippen molar-refractivity contribution in [3.63, 3.8) is 0 Å². The van der Waals surface area contributed by atoms with Gasteiger partial charge in [-0.1, -0.05) is 12.1 Å². The molecule has 0 radical (unpaired) electrons. The molecule has 0 spiro atoms. The third-order valence-corrected chi connectivity index (χ3v) is 5.02. The average molecular weight is 533 g/mol. The van der Waals surface area contributed by atoms with Crippen molar-refractivity contribution in [1.29, 1.82) is 0 Å². The van der Waals surface area contributed by atoms with Crippen LogP contribution in [0.4, 0.5) is 0 Å². The minimum atomic E-state index is -1.29. The molecule has 2 aromatic rings. The first-order valence-corrected chi connectivity index (χ1v) is 10.3. The van der Waals surface area contributed by atoms with Crippen LogP contribution in [-0.4, -0.2) is 78.1 Å². The number of rotatable bonds is 10. The van der Waals surface area contributed by atoms with Crippen LogP contribution in [0.3, 0.4) is 0 Å². The van der Waals surface area contributed by atoms with Crippen LogP contribution in [0.25, 0.3) is 0 Å². The van der Waals surface area contributed by atoms with Crippen LogP contribution in [-0.2, 0) is 22.4 Å². The molecule has 0 fully saturated rings. The number of hydrogen-bond donors (Lipinski definition) is 4. The van der Waals surface area contributed by atoms with Gasteiger partial charge in [0.15, 0.2) is 23.0 Å². The lowest BCUT2D eigenvalue weighted by Crippen LogP contribution is -2.46. The zero-order valence-electron chi connectivity index (χ0n) is 21.9. The van der Waals surface area contributed by atoms with E-state index in [0.29, 0.717) is 23.0 Å². The predicted octanol–water partition coefficient (Wildman–Crippen LogP) is -0.377. The molecule has 0 saturated heterocycles. The van der Waals surface area contributed by atoms with Crippen molar-refractivity contribution >= 4 is 11.9 Å². The van der Waals surface area contributed by atoms with Crippen LogP contribution < -0.4 is 30.4 Å². The number of aliphatic carboxylic acids is 2. The van der Waals surface area contributed by atoms with Gasteiger partial charge in [-0.2, -0.15) is 0 Å². The van der Waals surface area contributed by atoms with Crippen LogP contribution in [0.15, 0.2) is 36.4 Å². The van der Waals surface area contributed by atoms with Crippen molar-refractivity contribution in [1.82, 2.24) is 0 Å². The molecule has 0 aliphatic heterocycles. The lowest BCUT2D eigenvalue weighted by Gasteiger charge is -2.19. The molecule has 2 atom stereocenters. The second-order valence-electron chi connectivity index (χ2n) is 8.18. The topological polar surface area (TPSA) is 258 Å². The molecule has 0 saturated carbocycles. The van der Waals surface area contributed by atoms with E-state index in [1.807, 2.05) is 0 Å². The summed E-state index contributed by atoms with van der Waals surface area (Å²) in [5, 5.41) is 17.9. The molecular formula is C24H40N2O11. The molecule has 0 bridgehead atoms. The second-order valence-corrected chi connectivity index (χ2v) is 8.18. The molecule has 2 unspecified atom stereocenters. The molecule has 0 aromatic heterocycles. The fourth-order valence-corrected chi connectivity index (χ4v) is 2.98. The van der Waals surface area contributed by atoms with Crippen LogP contribution in [0.5, 0.6) is 23.0 Å². The molecule has 0 heterocycles. The van der Waals surface area contributed by atoms with Gasteiger partial charge in [0.25, 0.3) is 0 Å². The molecule has 0 aliphatic carbocycles. The van der Waals surface area contributed by atoms with E-state index < -0.39 is 23.0 Å². The number of carboxylic acids is 2. The standard InChI is InChI=1S/2C12H17NO4.3H2O/c2*1-12(13,11(14)15)7-8-4-5-9(16-2)10(6-8)17-3;;;/h2*4-6H,7,13H2,1-3H3,(H,14,15);3*1H2. The molecule has 0 aliphatic rings. The Labute approximate surface area is 215 Å². The summed E-state index contributed by atoms with van der Waals surface area (Å²) in [4.78, 5) is 21.8. The normalized spacial score (nSPS) is 12.8. The van der Waals surface area contributed by atoms with E-state index in [1.165, 1.54) is 28.1 Å². The highest BCUT2D eigenvalue weighted by Gasteiger charge is 2.29. The molecule has 13 nitrogen and oxygen atoms in total. The summed E-state index contributed by atoms with van der Waals surface area (Å²) in [5.74, 6) is 0.257. The molecule has 2 aromatic carbocycles. The van der Waals surface area contributed by atoms with Crippen molar-refractivity contribution in [2.75, 3.05) is 28.4 Å². The summed E-state index contributed by atoms with van der Waals surface area (Å²) in [7, 11) is 6.14. The van der Waals surface area contributed by atoms with Gasteiger partial charge in [-0.05, 0) is 49.2 Å². The van der Waals surface area contributed by atoms with Crippen LogP contribution in [0, 0.1) is 0 Å². The van der Waals surface area contributed by atoms with E-state index in [9.17, 15) is 9.59 Å².